The van der Waals surface area contributed by atoms with Gasteiger partial charge in [-0.3, -0.25) is 9.59 Å². The Morgan fingerprint density at radius 1 is 1.16 bits per heavy atom. The lowest BCUT2D eigenvalue weighted by molar-refractivity contribution is -0.128. The van der Waals surface area contributed by atoms with Crippen LogP contribution in [0, 0.1) is 0 Å². The fourth-order valence-corrected chi connectivity index (χ4v) is 3.75. The van der Waals surface area contributed by atoms with Crippen molar-refractivity contribution in [1.82, 2.24) is 25.1 Å². The fraction of sp³-hybridized carbons (Fsp3) is 0.190. The van der Waals surface area contributed by atoms with Gasteiger partial charge in [0.1, 0.15) is 5.82 Å². The number of halogens is 1. The van der Waals surface area contributed by atoms with Gasteiger partial charge in [-0.2, -0.15) is 0 Å². The molecule has 2 aromatic heterocycles. The van der Waals surface area contributed by atoms with Gasteiger partial charge >= 0.3 is 0 Å². The highest BCUT2D eigenvalue weighted by Gasteiger charge is 2.17. The number of aromatic nitrogens is 4. The number of rotatable bonds is 7. The topological polar surface area (TPSA) is 105 Å². The lowest BCUT2D eigenvalue weighted by Gasteiger charge is -2.19. The van der Waals surface area contributed by atoms with Gasteiger partial charge in [-0.1, -0.05) is 35.5 Å². The van der Waals surface area contributed by atoms with Crippen LogP contribution in [0.15, 0.2) is 63.0 Å². The number of hydrogen-bond donors (Lipinski definition) is 1. The first-order chi connectivity index (χ1) is 15.0. The molecule has 0 saturated heterocycles. The summed E-state index contributed by atoms with van der Waals surface area (Å²) < 4.78 is 5.62. The number of nitrogens with zero attached hydrogens (tertiary/aromatic N) is 4. The molecular weight excluding hydrogens is 438 g/mol. The average molecular weight is 456 g/mol. The molecule has 0 aliphatic rings. The van der Waals surface area contributed by atoms with Gasteiger partial charge in [-0.05, 0) is 43.3 Å². The lowest BCUT2D eigenvalue weighted by Crippen LogP contribution is -2.33. The quantitative estimate of drug-likeness (QED) is 0.423. The number of carbonyl (C=O) groups excluding carboxylic acids is 1. The van der Waals surface area contributed by atoms with Crippen molar-refractivity contribution in [2.75, 3.05) is 12.3 Å². The molecule has 8 nitrogen and oxygen atoms in total. The number of nitrogens with one attached hydrogen (secondary N) is 1. The van der Waals surface area contributed by atoms with Crippen molar-refractivity contribution in [3.05, 3.63) is 69.7 Å². The molecule has 1 N–H and O–H groups in total. The molecule has 10 heteroatoms. The van der Waals surface area contributed by atoms with E-state index in [1.807, 2.05) is 13.0 Å². The Bertz CT molecular complexity index is 1270. The number of carbonyl (C=O) groups is 1. The maximum Gasteiger partial charge on any atom is 0.277 e. The molecule has 0 unspecified atom stereocenters. The van der Waals surface area contributed by atoms with Gasteiger partial charge in [-0.25, -0.2) is 4.98 Å². The fourth-order valence-electron chi connectivity index (χ4n) is 2.96. The molecule has 31 heavy (non-hydrogen) atoms. The molecule has 0 radical (unpaired) electrons. The average Bonchev–Trinajstić information content (AvgIpc) is 3.25. The molecule has 0 aliphatic heterocycles. The SMILES string of the molecule is CCN(Cc1nc2ccccc2c(=O)[nH]1)C(=O)CSc1nnc(-c2ccc(Cl)cc2)o1. The van der Waals surface area contributed by atoms with Gasteiger partial charge in [0.05, 0.1) is 23.2 Å². The van der Waals surface area contributed by atoms with E-state index in [1.165, 1.54) is 0 Å². The van der Waals surface area contributed by atoms with Crippen LogP contribution in [-0.4, -0.2) is 43.3 Å². The Morgan fingerprint density at radius 3 is 2.71 bits per heavy atom. The highest BCUT2D eigenvalue weighted by Crippen LogP contribution is 2.24. The first-order valence-electron chi connectivity index (χ1n) is 9.51. The van der Waals surface area contributed by atoms with Gasteiger partial charge in [0, 0.05) is 17.1 Å². The molecule has 2 heterocycles. The van der Waals surface area contributed by atoms with Crippen LogP contribution in [-0.2, 0) is 11.3 Å². The molecule has 0 bridgehead atoms. The highest BCUT2D eigenvalue weighted by atomic mass is 35.5. The molecule has 1 amide bonds. The molecule has 0 fully saturated rings. The van der Waals surface area contributed by atoms with Crippen LogP contribution >= 0.6 is 23.4 Å². The number of hydrogen-bond acceptors (Lipinski definition) is 7. The maximum atomic E-state index is 12.7. The summed E-state index contributed by atoms with van der Waals surface area (Å²) in [4.78, 5) is 33.8. The first kappa shape index (κ1) is 21.1. The van der Waals surface area contributed by atoms with E-state index in [2.05, 4.69) is 20.2 Å². The van der Waals surface area contributed by atoms with Gasteiger partial charge in [0.2, 0.25) is 11.8 Å². The van der Waals surface area contributed by atoms with E-state index in [4.69, 9.17) is 16.0 Å². The molecule has 0 aliphatic carbocycles. The van der Waals surface area contributed by atoms with Crippen LogP contribution in [0.25, 0.3) is 22.4 Å². The number of fused-ring (bicyclic) bond motifs is 1. The number of aromatic amines is 1. The van der Waals surface area contributed by atoms with Crippen LogP contribution in [0.3, 0.4) is 0 Å². The first-order valence-corrected chi connectivity index (χ1v) is 10.9. The van der Waals surface area contributed by atoms with Crippen molar-refractivity contribution < 1.29 is 9.21 Å². The number of thioether (sulfide) groups is 1. The second-order valence-corrected chi connectivity index (χ2v) is 7.97. The van der Waals surface area contributed by atoms with Crippen molar-refractivity contribution in [3.8, 4) is 11.5 Å². The monoisotopic (exact) mass is 455 g/mol. The summed E-state index contributed by atoms with van der Waals surface area (Å²) in [6, 6.07) is 14.1. The summed E-state index contributed by atoms with van der Waals surface area (Å²) in [6.07, 6.45) is 0. The zero-order valence-corrected chi connectivity index (χ0v) is 18.1. The van der Waals surface area contributed by atoms with E-state index >= 15 is 0 Å². The third-order valence-corrected chi connectivity index (χ3v) is 5.61. The van der Waals surface area contributed by atoms with E-state index in [9.17, 15) is 9.59 Å². The standard InChI is InChI=1S/C21H18ClN5O3S/c1-2-27(11-17-23-16-6-4-3-5-15(16)19(29)24-17)18(28)12-31-21-26-25-20(30-21)13-7-9-14(22)10-8-13/h3-10H,2,11-12H2,1H3,(H,23,24,29). The van der Waals surface area contributed by atoms with Crippen LogP contribution in [0.4, 0.5) is 0 Å². The van der Waals surface area contributed by atoms with Crippen molar-refractivity contribution in [2.24, 2.45) is 0 Å². The van der Waals surface area contributed by atoms with Crippen LogP contribution < -0.4 is 5.56 Å². The predicted octanol–water partition coefficient (Wildman–Crippen LogP) is 3.77. The van der Waals surface area contributed by atoms with Gasteiger partial charge < -0.3 is 14.3 Å². The second kappa shape index (κ2) is 9.32. The van der Waals surface area contributed by atoms with Crippen molar-refractivity contribution >= 4 is 40.2 Å². The maximum absolute atomic E-state index is 12.7. The minimum Gasteiger partial charge on any atom is -0.411 e. The Hall–Kier alpha value is -3.17. The number of H-pyrrole nitrogens is 1. The van der Waals surface area contributed by atoms with Crippen molar-refractivity contribution in [1.29, 1.82) is 0 Å². The summed E-state index contributed by atoms with van der Waals surface area (Å²) in [5.74, 6) is 0.784. The normalized spacial score (nSPS) is 11.0. The molecule has 0 saturated carbocycles. The summed E-state index contributed by atoms with van der Waals surface area (Å²) in [7, 11) is 0. The summed E-state index contributed by atoms with van der Waals surface area (Å²) in [6.45, 7) is 2.54. The van der Waals surface area contributed by atoms with Gasteiger partial charge in [0.25, 0.3) is 10.8 Å². The molecule has 4 aromatic rings. The largest absolute Gasteiger partial charge is 0.411 e. The van der Waals surface area contributed by atoms with E-state index in [0.29, 0.717) is 39.4 Å². The Balaban J connectivity index is 1.41. The summed E-state index contributed by atoms with van der Waals surface area (Å²) >= 11 is 7.05. The number of amides is 1. The van der Waals surface area contributed by atoms with E-state index in [-0.39, 0.29) is 23.8 Å². The lowest BCUT2D eigenvalue weighted by atomic mass is 10.2. The summed E-state index contributed by atoms with van der Waals surface area (Å²) in [5.41, 5.74) is 1.12. The smallest absolute Gasteiger partial charge is 0.277 e. The number of para-hydroxylation sites is 1. The van der Waals surface area contributed by atoms with Crippen molar-refractivity contribution in [3.63, 3.8) is 0 Å². The van der Waals surface area contributed by atoms with E-state index in [1.54, 1.807) is 47.4 Å². The number of benzene rings is 2. The molecule has 0 atom stereocenters. The molecule has 4 rings (SSSR count). The third kappa shape index (κ3) is 4.95. The molecule has 2 aromatic carbocycles. The predicted molar refractivity (Wildman–Crippen MR) is 119 cm³/mol. The molecule has 0 spiro atoms. The minimum absolute atomic E-state index is 0.119. The van der Waals surface area contributed by atoms with E-state index < -0.39 is 0 Å². The summed E-state index contributed by atoms with van der Waals surface area (Å²) in [5, 5.41) is 9.43. The zero-order chi connectivity index (χ0) is 21.8. The van der Waals surface area contributed by atoms with Crippen LogP contribution in [0.5, 0.6) is 0 Å². The van der Waals surface area contributed by atoms with Crippen molar-refractivity contribution in [2.45, 2.75) is 18.7 Å². The van der Waals surface area contributed by atoms with Gasteiger partial charge in [-0.15, -0.1) is 10.2 Å². The Labute approximate surface area is 186 Å². The Morgan fingerprint density at radius 2 is 1.94 bits per heavy atom. The molecule has 158 valence electrons. The van der Waals surface area contributed by atoms with E-state index in [0.717, 1.165) is 17.3 Å². The van der Waals surface area contributed by atoms with Gasteiger partial charge in [0.15, 0.2) is 0 Å². The third-order valence-electron chi connectivity index (χ3n) is 4.55. The van der Waals surface area contributed by atoms with Crippen LogP contribution in [0.2, 0.25) is 5.02 Å². The second-order valence-electron chi connectivity index (χ2n) is 6.61. The minimum atomic E-state index is -0.223. The zero-order valence-electron chi connectivity index (χ0n) is 16.5. The Kier molecular flexibility index (Phi) is 6.34. The van der Waals surface area contributed by atoms with Crippen LogP contribution in [0.1, 0.15) is 12.7 Å². The molecular formula is C21H18ClN5O3S. The highest BCUT2D eigenvalue weighted by molar-refractivity contribution is 7.99.